The third-order valence-electron chi connectivity index (χ3n) is 2.99. The zero-order valence-corrected chi connectivity index (χ0v) is 10.8. The number of carbonyl (C=O) groups excluding carboxylic acids is 1. The molecule has 1 amide bonds. The molecule has 1 aromatic heterocycles. The number of carbonyl (C=O) groups is 1. The lowest BCUT2D eigenvalue weighted by Crippen LogP contribution is -2.24. The second-order valence-corrected chi connectivity index (χ2v) is 4.61. The van der Waals surface area contributed by atoms with Gasteiger partial charge in [-0.25, -0.2) is 0 Å². The Balaban J connectivity index is 1.80. The summed E-state index contributed by atoms with van der Waals surface area (Å²) in [5.41, 5.74) is 1.44. The maximum atomic E-state index is 11.9. The molecule has 0 radical (unpaired) electrons. The lowest BCUT2D eigenvalue weighted by molar-refractivity contribution is -0.135. The molecule has 0 saturated heterocycles. The molecule has 6 heteroatoms. The number of aromatic nitrogens is 1. The van der Waals surface area contributed by atoms with Gasteiger partial charge in [-0.1, -0.05) is 0 Å². The van der Waals surface area contributed by atoms with Crippen molar-refractivity contribution in [3.63, 3.8) is 0 Å². The smallest absolute Gasteiger partial charge is 0.361 e. The highest BCUT2D eigenvalue weighted by atomic mass is 19.4. The van der Waals surface area contributed by atoms with E-state index in [0.717, 1.165) is 10.9 Å². The average Bonchev–Trinajstić information content (AvgIpc) is 2.83. The molecule has 0 bridgehead atoms. The van der Waals surface area contributed by atoms with Crippen molar-refractivity contribution in [1.29, 1.82) is 0 Å². The summed E-state index contributed by atoms with van der Waals surface area (Å²) in [6, 6.07) is 7.09. The van der Waals surface area contributed by atoms with E-state index in [-0.39, 0.29) is 18.9 Å². The molecular formula is C14H15F3N2O. The highest BCUT2D eigenvalue weighted by Gasteiger charge is 2.25. The summed E-state index contributed by atoms with van der Waals surface area (Å²) in [7, 11) is 0. The quantitative estimate of drug-likeness (QED) is 0.809. The number of nitrogens with one attached hydrogen (secondary N) is 2. The van der Waals surface area contributed by atoms with Crippen molar-refractivity contribution in [2.75, 3.05) is 6.54 Å². The van der Waals surface area contributed by atoms with Crippen LogP contribution in [0.15, 0.2) is 30.5 Å². The van der Waals surface area contributed by atoms with E-state index < -0.39 is 12.6 Å². The standard InChI is InChI=1S/C14H15F3N2O/c15-14(16,17)6-1-2-7-19-13(20)11-3-4-12-10(9-11)5-8-18-12/h3-5,8-9,18H,1-2,6-7H2,(H,19,20). The molecule has 3 nitrogen and oxygen atoms in total. The number of rotatable bonds is 5. The molecule has 2 rings (SSSR count). The van der Waals surface area contributed by atoms with Crippen LogP contribution in [0.1, 0.15) is 29.6 Å². The lowest BCUT2D eigenvalue weighted by Gasteiger charge is -2.07. The van der Waals surface area contributed by atoms with Gasteiger partial charge >= 0.3 is 6.18 Å². The largest absolute Gasteiger partial charge is 0.389 e. The molecular weight excluding hydrogens is 269 g/mol. The topological polar surface area (TPSA) is 44.9 Å². The van der Waals surface area contributed by atoms with E-state index in [4.69, 9.17) is 0 Å². The van der Waals surface area contributed by atoms with E-state index in [1.54, 1.807) is 24.4 Å². The number of hydrogen-bond donors (Lipinski definition) is 2. The van der Waals surface area contributed by atoms with Crippen LogP contribution in [-0.4, -0.2) is 23.6 Å². The first-order valence-electron chi connectivity index (χ1n) is 6.38. The first-order chi connectivity index (χ1) is 9.46. The van der Waals surface area contributed by atoms with Crippen LogP contribution in [0.3, 0.4) is 0 Å². The number of H-pyrrole nitrogens is 1. The van der Waals surface area contributed by atoms with Crippen molar-refractivity contribution in [2.45, 2.75) is 25.4 Å². The number of halogens is 3. The van der Waals surface area contributed by atoms with Crippen molar-refractivity contribution in [1.82, 2.24) is 10.3 Å². The van der Waals surface area contributed by atoms with Crippen molar-refractivity contribution in [3.8, 4) is 0 Å². The minimum Gasteiger partial charge on any atom is -0.361 e. The van der Waals surface area contributed by atoms with Crippen LogP contribution in [0.2, 0.25) is 0 Å². The van der Waals surface area contributed by atoms with Gasteiger partial charge in [-0.15, -0.1) is 0 Å². The highest BCUT2D eigenvalue weighted by Crippen LogP contribution is 2.21. The van der Waals surface area contributed by atoms with Gasteiger partial charge in [-0.3, -0.25) is 4.79 Å². The Morgan fingerprint density at radius 3 is 2.75 bits per heavy atom. The van der Waals surface area contributed by atoms with Crippen molar-refractivity contribution < 1.29 is 18.0 Å². The Hall–Kier alpha value is -1.98. The molecule has 0 unspecified atom stereocenters. The van der Waals surface area contributed by atoms with Crippen LogP contribution < -0.4 is 5.32 Å². The molecule has 0 aliphatic rings. The number of aromatic amines is 1. The van der Waals surface area contributed by atoms with Gasteiger partial charge in [0, 0.05) is 35.6 Å². The highest BCUT2D eigenvalue weighted by molar-refractivity contribution is 5.98. The molecule has 0 spiro atoms. The number of amides is 1. The predicted molar refractivity (Wildman–Crippen MR) is 70.5 cm³/mol. The molecule has 0 aliphatic heterocycles. The van der Waals surface area contributed by atoms with Gasteiger partial charge in [0.05, 0.1) is 0 Å². The van der Waals surface area contributed by atoms with E-state index in [0.29, 0.717) is 12.0 Å². The number of fused-ring (bicyclic) bond motifs is 1. The van der Waals surface area contributed by atoms with E-state index in [9.17, 15) is 18.0 Å². The second-order valence-electron chi connectivity index (χ2n) is 4.61. The average molecular weight is 284 g/mol. The molecule has 0 aliphatic carbocycles. The fourth-order valence-corrected chi connectivity index (χ4v) is 1.95. The monoisotopic (exact) mass is 284 g/mol. The molecule has 108 valence electrons. The third kappa shape index (κ3) is 4.01. The van der Waals surface area contributed by atoms with Gasteiger partial charge in [0.25, 0.3) is 5.91 Å². The van der Waals surface area contributed by atoms with Crippen LogP contribution in [0.4, 0.5) is 13.2 Å². The minimum absolute atomic E-state index is 0.0284. The van der Waals surface area contributed by atoms with Crippen molar-refractivity contribution in [3.05, 3.63) is 36.0 Å². The predicted octanol–water partition coefficient (Wildman–Crippen LogP) is 3.63. The second kappa shape index (κ2) is 5.98. The van der Waals surface area contributed by atoms with Gasteiger partial charge in [0.1, 0.15) is 0 Å². The van der Waals surface area contributed by atoms with Crippen LogP contribution >= 0.6 is 0 Å². The maximum Gasteiger partial charge on any atom is 0.389 e. The zero-order valence-electron chi connectivity index (χ0n) is 10.8. The Morgan fingerprint density at radius 2 is 2.00 bits per heavy atom. The van der Waals surface area contributed by atoms with E-state index in [1.165, 1.54) is 0 Å². The summed E-state index contributed by atoms with van der Waals surface area (Å²) >= 11 is 0. The first kappa shape index (κ1) is 14.4. The SMILES string of the molecule is O=C(NCCCCC(F)(F)F)c1ccc2[nH]ccc2c1. The van der Waals surface area contributed by atoms with E-state index >= 15 is 0 Å². The fraction of sp³-hybridized carbons (Fsp3) is 0.357. The molecule has 0 atom stereocenters. The lowest BCUT2D eigenvalue weighted by atomic mass is 10.1. The van der Waals surface area contributed by atoms with Gasteiger partial charge in [0.15, 0.2) is 0 Å². The molecule has 2 N–H and O–H groups in total. The van der Waals surface area contributed by atoms with Crippen LogP contribution in [0, 0.1) is 0 Å². The number of unbranched alkanes of at least 4 members (excludes halogenated alkanes) is 1. The van der Waals surface area contributed by atoms with Crippen molar-refractivity contribution >= 4 is 16.8 Å². The molecule has 2 aromatic rings. The Kier molecular flexibility index (Phi) is 4.32. The van der Waals surface area contributed by atoms with Gasteiger partial charge < -0.3 is 10.3 Å². The minimum atomic E-state index is -4.12. The number of hydrogen-bond acceptors (Lipinski definition) is 1. The third-order valence-corrected chi connectivity index (χ3v) is 2.99. The number of benzene rings is 1. The Bertz CT molecular complexity index is 589. The fourth-order valence-electron chi connectivity index (χ4n) is 1.95. The van der Waals surface area contributed by atoms with Gasteiger partial charge in [0.2, 0.25) is 0 Å². The van der Waals surface area contributed by atoms with E-state index in [1.807, 2.05) is 6.07 Å². The summed E-state index contributed by atoms with van der Waals surface area (Å²) in [5.74, 6) is -0.264. The number of alkyl halides is 3. The summed E-state index contributed by atoms with van der Waals surface area (Å²) in [5, 5.41) is 3.55. The normalized spacial score (nSPS) is 11.8. The van der Waals surface area contributed by atoms with Crippen LogP contribution in [-0.2, 0) is 0 Å². The van der Waals surface area contributed by atoms with Crippen molar-refractivity contribution in [2.24, 2.45) is 0 Å². The molecule has 1 aromatic carbocycles. The summed E-state index contributed by atoms with van der Waals surface area (Å²) in [4.78, 5) is 14.8. The first-order valence-corrected chi connectivity index (χ1v) is 6.38. The zero-order chi connectivity index (χ0) is 14.6. The summed E-state index contributed by atoms with van der Waals surface area (Å²) in [6.07, 6.45) is -2.80. The molecule has 0 fully saturated rings. The molecule has 1 heterocycles. The van der Waals surface area contributed by atoms with Crippen LogP contribution in [0.25, 0.3) is 10.9 Å². The van der Waals surface area contributed by atoms with Crippen LogP contribution in [0.5, 0.6) is 0 Å². The van der Waals surface area contributed by atoms with Gasteiger partial charge in [-0.05, 0) is 37.1 Å². The molecule has 20 heavy (non-hydrogen) atoms. The van der Waals surface area contributed by atoms with Gasteiger partial charge in [-0.2, -0.15) is 13.2 Å². The Morgan fingerprint density at radius 1 is 1.20 bits per heavy atom. The summed E-state index contributed by atoms with van der Waals surface area (Å²) < 4.78 is 35.8. The van der Waals surface area contributed by atoms with E-state index in [2.05, 4.69) is 10.3 Å². The summed E-state index contributed by atoms with van der Waals surface area (Å²) in [6.45, 7) is 0.250. The Labute approximate surface area is 114 Å². The maximum absolute atomic E-state index is 11.9. The molecule has 0 saturated carbocycles.